The second-order valence-corrected chi connectivity index (χ2v) is 7.95. The zero-order chi connectivity index (χ0) is 19.1. The van der Waals surface area contributed by atoms with E-state index in [1.165, 1.54) is 6.42 Å². The van der Waals surface area contributed by atoms with E-state index in [9.17, 15) is 9.90 Å². The Hall–Kier alpha value is -2.93. The molecule has 2 aromatic heterocycles. The predicted octanol–water partition coefficient (Wildman–Crippen LogP) is 2.55. The van der Waals surface area contributed by atoms with Crippen LogP contribution in [0.15, 0.2) is 36.5 Å². The number of nitrogens with one attached hydrogen (secondary N) is 2. The van der Waals surface area contributed by atoms with Crippen LogP contribution in [0.3, 0.4) is 0 Å². The number of likely N-dealkylation sites (tertiary alicyclic amines) is 1. The molecular weight excluding hydrogens is 354 g/mol. The van der Waals surface area contributed by atoms with Crippen LogP contribution in [0.4, 0.5) is 0 Å². The van der Waals surface area contributed by atoms with E-state index in [0.29, 0.717) is 22.3 Å². The van der Waals surface area contributed by atoms with Gasteiger partial charge in [0.15, 0.2) is 5.65 Å². The lowest BCUT2D eigenvalue weighted by molar-refractivity contribution is 0.0609. The van der Waals surface area contributed by atoms with Crippen LogP contribution in [0.1, 0.15) is 29.6 Å². The number of aromatic hydroxyl groups is 1. The fraction of sp³-hybridized carbons (Fsp3) is 0.381. The number of aromatic nitrogens is 3. The van der Waals surface area contributed by atoms with Gasteiger partial charge in [0.05, 0.1) is 22.8 Å². The van der Waals surface area contributed by atoms with Gasteiger partial charge in [0, 0.05) is 25.2 Å². The van der Waals surface area contributed by atoms with Gasteiger partial charge in [0.1, 0.15) is 5.75 Å². The summed E-state index contributed by atoms with van der Waals surface area (Å²) in [4.78, 5) is 19.9. The Bertz CT molecular complexity index is 1010. The molecule has 28 heavy (non-hydrogen) atoms. The normalized spacial score (nSPS) is 18.8. The minimum Gasteiger partial charge on any atom is -0.508 e. The molecule has 0 radical (unpaired) electrons. The van der Waals surface area contributed by atoms with Crippen LogP contribution in [0.5, 0.6) is 5.75 Å². The molecule has 4 heterocycles. The number of piperidine rings is 1. The van der Waals surface area contributed by atoms with E-state index in [1.807, 2.05) is 11.0 Å². The van der Waals surface area contributed by atoms with Gasteiger partial charge >= 0.3 is 0 Å². The number of carbonyl (C=O) groups is 1. The van der Waals surface area contributed by atoms with Crippen molar-refractivity contribution in [3.63, 3.8) is 0 Å². The van der Waals surface area contributed by atoms with Gasteiger partial charge in [-0.3, -0.25) is 9.89 Å². The summed E-state index contributed by atoms with van der Waals surface area (Å²) in [5.41, 5.74) is 3.13. The number of hydrogen-bond donors (Lipinski definition) is 3. The van der Waals surface area contributed by atoms with E-state index in [1.54, 1.807) is 30.5 Å². The van der Waals surface area contributed by atoms with E-state index >= 15 is 0 Å². The number of phenols is 1. The first-order valence-corrected chi connectivity index (χ1v) is 9.77. The van der Waals surface area contributed by atoms with Crippen LogP contribution < -0.4 is 5.32 Å². The highest BCUT2D eigenvalue weighted by Crippen LogP contribution is 2.37. The van der Waals surface area contributed by atoms with E-state index in [4.69, 9.17) is 0 Å². The maximum absolute atomic E-state index is 13.4. The summed E-state index contributed by atoms with van der Waals surface area (Å²) in [6, 6.07) is 8.68. The number of aromatic amines is 1. The molecule has 2 aliphatic heterocycles. The van der Waals surface area contributed by atoms with Crippen LogP contribution in [-0.4, -0.2) is 57.3 Å². The van der Waals surface area contributed by atoms with Gasteiger partial charge in [-0.15, -0.1) is 0 Å². The topological polar surface area (TPSA) is 94.1 Å². The zero-order valence-corrected chi connectivity index (χ0v) is 15.6. The number of hydrogen-bond acceptors (Lipinski definition) is 5. The van der Waals surface area contributed by atoms with Crippen molar-refractivity contribution in [2.45, 2.75) is 19.3 Å². The maximum Gasteiger partial charge on any atom is 0.254 e. The molecule has 7 nitrogen and oxygen atoms in total. The van der Waals surface area contributed by atoms with Gasteiger partial charge in [-0.25, -0.2) is 4.98 Å². The lowest BCUT2D eigenvalue weighted by Crippen LogP contribution is -2.44. The van der Waals surface area contributed by atoms with E-state index in [2.05, 4.69) is 20.5 Å². The fourth-order valence-corrected chi connectivity index (χ4v) is 4.46. The second-order valence-electron chi connectivity index (χ2n) is 7.95. The molecule has 3 N–H and O–H groups in total. The Morgan fingerprint density at radius 1 is 1.14 bits per heavy atom. The van der Waals surface area contributed by atoms with Crippen molar-refractivity contribution in [2.75, 3.05) is 26.2 Å². The molecule has 7 heteroatoms. The van der Waals surface area contributed by atoms with Crippen molar-refractivity contribution in [2.24, 2.45) is 5.41 Å². The highest BCUT2D eigenvalue weighted by atomic mass is 16.3. The van der Waals surface area contributed by atoms with Crippen molar-refractivity contribution in [3.05, 3.63) is 42.1 Å². The number of pyridine rings is 1. The van der Waals surface area contributed by atoms with E-state index in [-0.39, 0.29) is 11.7 Å². The molecule has 1 aromatic carbocycles. The van der Waals surface area contributed by atoms with Gasteiger partial charge in [-0.2, -0.15) is 5.10 Å². The van der Waals surface area contributed by atoms with Crippen molar-refractivity contribution < 1.29 is 9.90 Å². The van der Waals surface area contributed by atoms with E-state index < -0.39 is 0 Å². The summed E-state index contributed by atoms with van der Waals surface area (Å²) in [6.07, 6.45) is 4.98. The third kappa shape index (κ3) is 2.92. The van der Waals surface area contributed by atoms with Crippen LogP contribution in [-0.2, 0) is 0 Å². The maximum atomic E-state index is 13.4. The number of H-pyrrole nitrogens is 1. The number of fused-ring (bicyclic) bond motifs is 1. The van der Waals surface area contributed by atoms with Crippen LogP contribution in [0.2, 0.25) is 0 Å². The van der Waals surface area contributed by atoms with Crippen molar-refractivity contribution in [3.8, 4) is 17.0 Å². The molecule has 0 unspecified atom stereocenters. The molecule has 0 aliphatic carbocycles. The Labute approximate surface area is 162 Å². The van der Waals surface area contributed by atoms with E-state index in [0.717, 1.165) is 50.0 Å². The van der Waals surface area contributed by atoms with Gasteiger partial charge < -0.3 is 15.3 Å². The number of carbonyl (C=O) groups excluding carboxylic acids is 1. The number of amides is 1. The standard InChI is InChI=1S/C21H23N5O2/c27-15-3-1-14(2-4-15)18-11-16(17-12-23-25-19(17)24-18)20(28)26-9-6-21(7-10-26)5-8-22-13-21/h1-4,11-12,22,27H,5-10,13H2,(H,23,24,25). The second kappa shape index (κ2) is 6.60. The molecule has 144 valence electrons. The van der Waals surface area contributed by atoms with Crippen LogP contribution in [0, 0.1) is 5.41 Å². The summed E-state index contributed by atoms with van der Waals surface area (Å²) in [6.45, 7) is 3.73. The number of rotatable bonds is 2. The van der Waals surface area contributed by atoms with Crippen molar-refractivity contribution in [1.29, 1.82) is 0 Å². The number of nitrogens with zero attached hydrogens (tertiary/aromatic N) is 3. The molecule has 2 aliphatic rings. The molecule has 3 aromatic rings. The molecule has 1 spiro atoms. The summed E-state index contributed by atoms with van der Waals surface area (Å²) >= 11 is 0. The van der Waals surface area contributed by atoms with Crippen molar-refractivity contribution >= 4 is 16.9 Å². The average molecular weight is 377 g/mol. The highest BCUT2D eigenvalue weighted by Gasteiger charge is 2.38. The smallest absolute Gasteiger partial charge is 0.254 e. The van der Waals surface area contributed by atoms with Crippen LogP contribution in [0.25, 0.3) is 22.3 Å². The first kappa shape index (κ1) is 17.2. The SMILES string of the molecule is O=C(c1cc(-c2ccc(O)cc2)nc2[nH]ncc12)N1CCC2(CCNC2)CC1. The highest BCUT2D eigenvalue weighted by molar-refractivity contribution is 6.06. The van der Waals surface area contributed by atoms with Gasteiger partial charge in [0.25, 0.3) is 5.91 Å². The largest absolute Gasteiger partial charge is 0.508 e. The molecule has 2 fully saturated rings. The minimum absolute atomic E-state index is 0.0367. The first-order chi connectivity index (χ1) is 13.6. The summed E-state index contributed by atoms with van der Waals surface area (Å²) < 4.78 is 0. The quantitative estimate of drug-likeness (QED) is 0.638. The average Bonchev–Trinajstić information content (AvgIpc) is 3.37. The minimum atomic E-state index is 0.0367. The summed E-state index contributed by atoms with van der Waals surface area (Å²) in [5, 5.41) is 20.7. The molecule has 0 saturated carbocycles. The molecular formula is C21H23N5O2. The first-order valence-electron chi connectivity index (χ1n) is 9.77. The Balaban J connectivity index is 1.47. The van der Waals surface area contributed by atoms with Crippen molar-refractivity contribution in [1.82, 2.24) is 25.4 Å². The number of benzene rings is 1. The summed E-state index contributed by atoms with van der Waals surface area (Å²) in [5.74, 6) is 0.237. The van der Waals surface area contributed by atoms with Gasteiger partial charge in [-0.05, 0) is 61.6 Å². The molecule has 1 amide bonds. The zero-order valence-electron chi connectivity index (χ0n) is 15.6. The lowest BCUT2D eigenvalue weighted by atomic mass is 9.77. The Morgan fingerprint density at radius 2 is 1.93 bits per heavy atom. The molecule has 5 rings (SSSR count). The monoisotopic (exact) mass is 377 g/mol. The van der Waals surface area contributed by atoms with Crippen LogP contribution >= 0.6 is 0 Å². The molecule has 2 saturated heterocycles. The third-order valence-electron chi connectivity index (χ3n) is 6.26. The van der Waals surface area contributed by atoms with Gasteiger partial charge in [0.2, 0.25) is 0 Å². The Morgan fingerprint density at radius 3 is 2.64 bits per heavy atom. The molecule has 0 atom stereocenters. The number of phenolic OH excluding ortho intramolecular Hbond substituents is 1. The predicted molar refractivity (Wildman–Crippen MR) is 106 cm³/mol. The third-order valence-corrected chi connectivity index (χ3v) is 6.26. The van der Waals surface area contributed by atoms with Gasteiger partial charge in [-0.1, -0.05) is 0 Å². The fourth-order valence-electron chi connectivity index (χ4n) is 4.46. The Kier molecular flexibility index (Phi) is 4.05. The lowest BCUT2D eigenvalue weighted by Gasteiger charge is -2.39. The molecule has 0 bridgehead atoms. The summed E-state index contributed by atoms with van der Waals surface area (Å²) in [7, 11) is 0.